The molecule has 9 heteroatoms. The fourth-order valence-corrected chi connectivity index (χ4v) is 3.47. The lowest BCUT2D eigenvalue weighted by Crippen LogP contribution is -2.26. The van der Waals surface area contributed by atoms with Gasteiger partial charge in [-0.05, 0) is 48.6 Å². The standard InChI is InChI=1S/C15H14F3N3O2S/c16-15(17,18)14-20-12(21-23-14)9-1-3-11(4-2-9)19-13(22)10-5-7-24-8-6-10/h1-4,10H,5-8H2,(H,19,22). The molecule has 1 aromatic heterocycles. The van der Waals surface area contributed by atoms with Gasteiger partial charge in [0, 0.05) is 17.2 Å². The average Bonchev–Trinajstić information content (AvgIpc) is 3.07. The van der Waals surface area contributed by atoms with E-state index < -0.39 is 12.1 Å². The third-order valence-electron chi connectivity index (χ3n) is 3.67. The van der Waals surface area contributed by atoms with Crippen molar-refractivity contribution in [3.8, 4) is 11.4 Å². The molecule has 1 aromatic carbocycles. The van der Waals surface area contributed by atoms with Gasteiger partial charge in [0.05, 0.1) is 0 Å². The van der Waals surface area contributed by atoms with Crippen molar-refractivity contribution in [2.75, 3.05) is 16.8 Å². The number of nitrogens with one attached hydrogen (secondary N) is 1. The van der Waals surface area contributed by atoms with E-state index in [1.807, 2.05) is 11.8 Å². The molecule has 0 bridgehead atoms. The first-order valence-corrected chi connectivity index (χ1v) is 8.49. The molecule has 1 aliphatic heterocycles. The topological polar surface area (TPSA) is 68.0 Å². The summed E-state index contributed by atoms with van der Waals surface area (Å²) >= 11 is 1.84. The van der Waals surface area contributed by atoms with Crippen molar-refractivity contribution in [3.05, 3.63) is 30.2 Å². The van der Waals surface area contributed by atoms with Crippen molar-refractivity contribution in [3.63, 3.8) is 0 Å². The number of anilines is 1. The molecule has 0 atom stereocenters. The summed E-state index contributed by atoms with van der Waals surface area (Å²) in [6.45, 7) is 0. The number of amides is 1. The Balaban J connectivity index is 1.67. The van der Waals surface area contributed by atoms with Crippen molar-refractivity contribution in [1.82, 2.24) is 10.1 Å². The third-order valence-corrected chi connectivity index (χ3v) is 4.72. The number of thioether (sulfide) groups is 1. The predicted octanol–water partition coefficient (Wildman–Crippen LogP) is 3.84. The van der Waals surface area contributed by atoms with E-state index in [0.29, 0.717) is 11.3 Å². The van der Waals surface area contributed by atoms with E-state index in [1.54, 1.807) is 12.1 Å². The van der Waals surface area contributed by atoms with Crippen molar-refractivity contribution >= 4 is 23.4 Å². The van der Waals surface area contributed by atoms with E-state index in [1.165, 1.54) is 12.1 Å². The lowest BCUT2D eigenvalue weighted by Gasteiger charge is -2.20. The molecular weight excluding hydrogens is 343 g/mol. The van der Waals surface area contributed by atoms with Crippen LogP contribution in [0.15, 0.2) is 28.8 Å². The minimum atomic E-state index is -4.67. The summed E-state index contributed by atoms with van der Waals surface area (Å²) in [5, 5.41) is 6.15. The molecule has 0 saturated carbocycles. The van der Waals surface area contributed by atoms with E-state index in [4.69, 9.17) is 0 Å². The van der Waals surface area contributed by atoms with Crippen LogP contribution in [-0.4, -0.2) is 27.6 Å². The van der Waals surface area contributed by atoms with Crippen LogP contribution in [0.5, 0.6) is 0 Å². The van der Waals surface area contributed by atoms with Gasteiger partial charge in [0.25, 0.3) is 0 Å². The SMILES string of the molecule is O=C(Nc1ccc(-c2noc(C(F)(F)F)n2)cc1)C1CCSCC1. The molecule has 128 valence electrons. The molecular formula is C15H14F3N3O2S. The Hall–Kier alpha value is -2.03. The largest absolute Gasteiger partial charge is 0.471 e. The van der Waals surface area contributed by atoms with Crippen LogP contribution < -0.4 is 5.32 Å². The Bertz CT molecular complexity index is 709. The van der Waals surface area contributed by atoms with Gasteiger partial charge in [0.2, 0.25) is 11.7 Å². The van der Waals surface area contributed by atoms with Crippen LogP contribution in [0.25, 0.3) is 11.4 Å². The van der Waals surface area contributed by atoms with E-state index in [9.17, 15) is 18.0 Å². The van der Waals surface area contributed by atoms with Crippen molar-refractivity contribution in [2.24, 2.45) is 5.92 Å². The number of carbonyl (C=O) groups is 1. The number of benzene rings is 1. The predicted molar refractivity (Wildman–Crippen MR) is 83.4 cm³/mol. The Morgan fingerprint density at radius 1 is 1.21 bits per heavy atom. The molecule has 1 aliphatic rings. The highest BCUT2D eigenvalue weighted by Gasteiger charge is 2.38. The van der Waals surface area contributed by atoms with Crippen LogP contribution in [0.2, 0.25) is 0 Å². The number of hydrogen-bond donors (Lipinski definition) is 1. The zero-order chi connectivity index (χ0) is 17.2. The molecule has 0 unspecified atom stereocenters. The number of carbonyl (C=O) groups excluding carboxylic acids is 1. The van der Waals surface area contributed by atoms with Crippen LogP contribution in [0.3, 0.4) is 0 Å². The van der Waals surface area contributed by atoms with E-state index in [-0.39, 0.29) is 17.6 Å². The van der Waals surface area contributed by atoms with Gasteiger partial charge in [-0.15, -0.1) is 0 Å². The Kier molecular flexibility index (Phi) is 4.79. The second kappa shape index (κ2) is 6.84. The minimum Gasteiger partial charge on any atom is -0.329 e. The molecule has 24 heavy (non-hydrogen) atoms. The smallest absolute Gasteiger partial charge is 0.329 e. The molecule has 0 spiro atoms. The fourth-order valence-electron chi connectivity index (χ4n) is 2.36. The van der Waals surface area contributed by atoms with Crippen LogP contribution >= 0.6 is 11.8 Å². The van der Waals surface area contributed by atoms with Crippen LogP contribution in [0.1, 0.15) is 18.7 Å². The highest BCUT2D eigenvalue weighted by atomic mass is 32.2. The Morgan fingerprint density at radius 2 is 1.88 bits per heavy atom. The minimum absolute atomic E-state index is 0.0116. The second-order valence-corrected chi connectivity index (χ2v) is 6.60. The van der Waals surface area contributed by atoms with Crippen molar-refractivity contribution < 1.29 is 22.5 Å². The third kappa shape index (κ3) is 3.89. The maximum atomic E-state index is 12.5. The maximum absolute atomic E-state index is 12.5. The van der Waals surface area contributed by atoms with Crippen LogP contribution in [0, 0.1) is 5.92 Å². The summed E-state index contributed by atoms with van der Waals surface area (Å²) in [6, 6.07) is 6.29. The molecule has 2 aromatic rings. The van der Waals surface area contributed by atoms with Gasteiger partial charge >= 0.3 is 12.1 Å². The number of halogens is 3. The Morgan fingerprint density at radius 3 is 2.46 bits per heavy atom. The van der Waals surface area contributed by atoms with Crippen molar-refractivity contribution in [1.29, 1.82) is 0 Å². The van der Waals surface area contributed by atoms with E-state index in [2.05, 4.69) is 20.0 Å². The summed E-state index contributed by atoms with van der Waals surface area (Å²) in [7, 11) is 0. The quantitative estimate of drug-likeness (QED) is 0.904. The highest BCUT2D eigenvalue weighted by Crippen LogP contribution is 2.30. The summed E-state index contributed by atoms with van der Waals surface area (Å²) < 4.78 is 41.6. The van der Waals surface area contributed by atoms with E-state index in [0.717, 1.165) is 24.3 Å². The molecule has 1 amide bonds. The summed E-state index contributed by atoms with van der Waals surface area (Å²) in [4.78, 5) is 15.5. The molecule has 1 saturated heterocycles. The lowest BCUT2D eigenvalue weighted by atomic mass is 10.0. The summed E-state index contributed by atoms with van der Waals surface area (Å²) in [5.74, 6) is 0.418. The lowest BCUT2D eigenvalue weighted by molar-refractivity contribution is -0.159. The molecule has 0 radical (unpaired) electrons. The number of hydrogen-bond acceptors (Lipinski definition) is 5. The number of rotatable bonds is 3. The van der Waals surface area contributed by atoms with Gasteiger partial charge in [-0.1, -0.05) is 5.16 Å². The van der Waals surface area contributed by atoms with E-state index >= 15 is 0 Å². The zero-order valence-electron chi connectivity index (χ0n) is 12.5. The van der Waals surface area contributed by atoms with Crippen LogP contribution in [0.4, 0.5) is 18.9 Å². The van der Waals surface area contributed by atoms with Gasteiger partial charge in [0.1, 0.15) is 0 Å². The maximum Gasteiger partial charge on any atom is 0.471 e. The van der Waals surface area contributed by atoms with Gasteiger partial charge in [-0.2, -0.15) is 29.9 Å². The van der Waals surface area contributed by atoms with Crippen LogP contribution in [-0.2, 0) is 11.0 Å². The van der Waals surface area contributed by atoms with Gasteiger partial charge in [0.15, 0.2) is 0 Å². The molecule has 2 heterocycles. The highest BCUT2D eigenvalue weighted by molar-refractivity contribution is 7.99. The number of aromatic nitrogens is 2. The molecule has 1 N–H and O–H groups in total. The first kappa shape index (κ1) is 16.8. The normalized spacial score (nSPS) is 16.1. The average molecular weight is 357 g/mol. The molecule has 0 aliphatic carbocycles. The zero-order valence-corrected chi connectivity index (χ0v) is 13.3. The summed E-state index contributed by atoms with van der Waals surface area (Å²) in [6.07, 6.45) is -2.95. The molecule has 1 fully saturated rings. The monoisotopic (exact) mass is 357 g/mol. The second-order valence-electron chi connectivity index (χ2n) is 5.37. The van der Waals surface area contributed by atoms with Crippen molar-refractivity contribution in [2.45, 2.75) is 19.0 Å². The first-order chi connectivity index (χ1) is 11.4. The fraction of sp³-hybridized carbons (Fsp3) is 0.400. The van der Waals surface area contributed by atoms with Gasteiger partial charge < -0.3 is 9.84 Å². The molecule has 3 rings (SSSR count). The Labute approximate surface area is 140 Å². The first-order valence-electron chi connectivity index (χ1n) is 7.33. The number of nitrogens with zero attached hydrogens (tertiary/aromatic N) is 2. The summed E-state index contributed by atoms with van der Waals surface area (Å²) in [5.41, 5.74) is 0.961. The van der Waals surface area contributed by atoms with Gasteiger partial charge in [-0.3, -0.25) is 4.79 Å². The number of alkyl halides is 3. The molecule has 5 nitrogen and oxygen atoms in total. The van der Waals surface area contributed by atoms with Gasteiger partial charge in [-0.25, -0.2) is 0 Å².